The summed E-state index contributed by atoms with van der Waals surface area (Å²) in [6.45, 7) is 8.11. The number of rotatable bonds is 6. The van der Waals surface area contributed by atoms with Crippen molar-refractivity contribution < 1.29 is 0 Å². The number of anilines is 1. The molecule has 0 radical (unpaired) electrons. The Kier molecular flexibility index (Phi) is 4.36. The second-order valence-electron chi connectivity index (χ2n) is 4.48. The van der Waals surface area contributed by atoms with E-state index in [1.807, 2.05) is 12.4 Å². The average molecular weight is 264 g/mol. The molecule has 1 N–H and O–H groups in total. The van der Waals surface area contributed by atoms with Crippen molar-refractivity contribution in [2.24, 2.45) is 0 Å². The lowest BCUT2D eigenvalue weighted by Crippen LogP contribution is -2.09. The highest BCUT2D eigenvalue weighted by atomic mass is 32.1. The Bertz CT molecular complexity index is 501. The van der Waals surface area contributed by atoms with Crippen LogP contribution < -0.4 is 5.32 Å². The number of aromatic nitrogens is 3. The Morgan fingerprint density at radius 1 is 1.39 bits per heavy atom. The third-order valence-electron chi connectivity index (χ3n) is 2.87. The van der Waals surface area contributed by atoms with Crippen LogP contribution >= 0.6 is 11.3 Å². The lowest BCUT2D eigenvalue weighted by atomic mass is 10.3. The minimum atomic E-state index is 0.853. The molecule has 2 heterocycles. The third-order valence-corrected chi connectivity index (χ3v) is 3.79. The molecule has 98 valence electrons. The van der Waals surface area contributed by atoms with Crippen molar-refractivity contribution in [2.45, 2.75) is 40.2 Å². The van der Waals surface area contributed by atoms with Crippen LogP contribution in [0.4, 0.5) is 5.95 Å². The molecule has 0 spiro atoms. The number of nitrogens with zero attached hydrogens (tertiary/aromatic N) is 3. The van der Waals surface area contributed by atoms with Gasteiger partial charge in [-0.05, 0) is 20.3 Å². The fourth-order valence-electron chi connectivity index (χ4n) is 1.82. The van der Waals surface area contributed by atoms with Crippen LogP contribution in [0.1, 0.15) is 36.0 Å². The summed E-state index contributed by atoms with van der Waals surface area (Å²) in [7, 11) is 0. The molecule has 0 amide bonds. The van der Waals surface area contributed by atoms with Crippen molar-refractivity contribution in [3.05, 3.63) is 28.0 Å². The molecule has 0 aliphatic carbocycles. The van der Waals surface area contributed by atoms with Gasteiger partial charge in [0.15, 0.2) is 0 Å². The first-order chi connectivity index (χ1) is 8.70. The maximum atomic E-state index is 4.53. The minimum absolute atomic E-state index is 0.853. The number of hydrogen-bond acceptors (Lipinski definition) is 4. The first-order valence-corrected chi connectivity index (χ1v) is 7.25. The van der Waals surface area contributed by atoms with Crippen LogP contribution in [0.25, 0.3) is 0 Å². The smallest absolute Gasteiger partial charge is 0.203 e. The van der Waals surface area contributed by atoms with Gasteiger partial charge in [-0.2, -0.15) is 0 Å². The summed E-state index contributed by atoms with van der Waals surface area (Å²) in [6.07, 6.45) is 4.46. The summed E-state index contributed by atoms with van der Waals surface area (Å²) in [5, 5.41) is 3.40. The van der Waals surface area contributed by atoms with E-state index in [4.69, 9.17) is 0 Å². The lowest BCUT2D eigenvalue weighted by molar-refractivity contribution is 0.778. The third kappa shape index (κ3) is 3.10. The van der Waals surface area contributed by atoms with Crippen molar-refractivity contribution in [3.63, 3.8) is 0 Å². The van der Waals surface area contributed by atoms with Crippen molar-refractivity contribution in [1.29, 1.82) is 0 Å². The average Bonchev–Trinajstić information content (AvgIpc) is 2.88. The van der Waals surface area contributed by atoms with Crippen LogP contribution in [0, 0.1) is 13.8 Å². The zero-order chi connectivity index (χ0) is 13.0. The van der Waals surface area contributed by atoms with Gasteiger partial charge in [0.2, 0.25) is 5.95 Å². The molecule has 0 unspecified atom stereocenters. The van der Waals surface area contributed by atoms with Gasteiger partial charge in [0.05, 0.1) is 23.4 Å². The van der Waals surface area contributed by atoms with Gasteiger partial charge in [-0.15, -0.1) is 11.3 Å². The quantitative estimate of drug-likeness (QED) is 0.815. The second-order valence-corrected chi connectivity index (χ2v) is 5.41. The number of unbranched alkanes of at least 4 members (excludes halogenated alkanes) is 1. The highest BCUT2D eigenvalue weighted by Gasteiger charge is 2.08. The van der Waals surface area contributed by atoms with Crippen LogP contribution in [-0.4, -0.2) is 21.1 Å². The zero-order valence-electron chi connectivity index (χ0n) is 11.2. The van der Waals surface area contributed by atoms with Crippen molar-refractivity contribution in [1.82, 2.24) is 14.5 Å². The van der Waals surface area contributed by atoms with Crippen molar-refractivity contribution in [3.8, 4) is 0 Å². The maximum Gasteiger partial charge on any atom is 0.203 e. The SMILES string of the molecule is CCCCNc1nc(C)cn1Cc1scnc1C. The van der Waals surface area contributed by atoms with E-state index in [0.29, 0.717) is 0 Å². The van der Waals surface area contributed by atoms with E-state index in [-0.39, 0.29) is 0 Å². The first-order valence-electron chi connectivity index (χ1n) is 6.37. The molecule has 0 aromatic carbocycles. The molecule has 18 heavy (non-hydrogen) atoms. The van der Waals surface area contributed by atoms with Crippen LogP contribution in [0.5, 0.6) is 0 Å². The largest absolute Gasteiger partial charge is 0.356 e. The molecule has 0 aliphatic rings. The van der Waals surface area contributed by atoms with Gasteiger partial charge in [0, 0.05) is 17.6 Å². The Hall–Kier alpha value is -1.36. The van der Waals surface area contributed by atoms with E-state index < -0.39 is 0 Å². The molecule has 2 aromatic heterocycles. The Morgan fingerprint density at radius 2 is 2.22 bits per heavy atom. The van der Waals surface area contributed by atoms with Crippen LogP contribution in [0.3, 0.4) is 0 Å². The number of nitrogens with one attached hydrogen (secondary N) is 1. The van der Waals surface area contributed by atoms with E-state index in [1.54, 1.807) is 11.3 Å². The summed E-state index contributed by atoms with van der Waals surface area (Å²) in [5.74, 6) is 0.966. The van der Waals surface area contributed by atoms with E-state index in [1.165, 1.54) is 17.7 Å². The fourth-order valence-corrected chi connectivity index (χ4v) is 2.59. The topological polar surface area (TPSA) is 42.7 Å². The molecule has 0 saturated carbocycles. The minimum Gasteiger partial charge on any atom is -0.356 e. The van der Waals surface area contributed by atoms with Gasteiger partial charge >= 0.3 is 0 Å². The Balaban J connectivity index is 2.09. The predicted molar refractivity (Wildman–Crippen MR) is 76.3 cm³/mol. The molecular formula is C13H20N4S. The number of aryl methyl sites for hydroxylation is 2. The van der Waals surface area contributed by atoms with Gasteiger partial charge in [0.1, 0.15) is 0 Å². The molecule has 2 aromatic rings. The molecule has 5 heteroatoms. The van der Waals surface area contributed by atoms with E-state index >= 15 is 0 Å². The summed E-state index contributed by atoms with van der Waals surface area (Å²) < 4.78 is 2.17. The lowest BCUT2D eigenvalue weighted by Gasteiger charge is -2.08. The van der Waals surface area contributed by atoms with Gasteiger partial charge in [0.25, 0.3) is 0 Å². The van der Waals surface area contributed by atoms with Crippen molar-refractivity contribution >= 4 is 17.3 Å². The number of thiazole rings is 1. The standard InChI is InChI=1S/C13H20N4S/c1-4-5-6-14-13-16-10(2)7-17(13)8-12-11(3)15-9-18-12/h7,9H,4-6,8H2,1-3H3,(H,14,16). The molecule has 0 atom stereocenters. The fraction of sp³-hybridized carbons (Fsp3) is 0.538. The van der Waals surface area contributed by atoms with Gasteiger partial charge in [-0.25, -0.2) is 9.97 Å². The van der Waals surface area contributed by atoms with E-state index in [0.717, 1.165) is 30.4 Å². The molecule has 0 saturated heterocycles. The second kappa shape index (κ2) is 6.00. The Labute approximate surface area is 112 Å². The van der Waals surface area contributed by atoms with Gasteiger partial charge in [-0.3, -0.25) is 0 Å². The Morgan fingerprint density at radius 3 is 2.89 bits per heavy atom. The summed E-state index contributed by atoms with van der Waals surface area (Å²) in [5.41, 5.74) is 4.07. The first kappa shape index (κ1) is 13.1. The monoisotopic (exact) mass is 264 g/mol. The van der Waals surface area contributed by atoms with Gasteiger partial charge in [-0.1, -0.05) is 13.3 Å². The maximum absolute atomic E-state index is 4.53. The number of hydrogen-bond donors (Lipinski definition) is 1. The van der Waals surface area contributed by atoms with E-state index in [2.05, 4.69) is 39.9 Å². The molecule has 0 fully saturated rings. The number of imidazole rings is 1. The summed E-state index contributed by atoms with van der Waals surface area (Å²) in [6, 6.07) is 0. The summed E-state index contributed by atoms with van der Waals surface area (Å²) >= 11 is 1.70. The highest BCUT2D eigenvalue weighted by Crippen LogP contribution is 2.17. The molecular weight excluding hydrogens is 244 g/mol. The van der Waals surface area contributed by atoms with Crippen LogP contribution in [0.15, 0.2) is 11.7 Å². The molecule has 2 rings (SSSR count). The van der Waals surface area contributed by atoms with Crippen LogP contribution in [0.2, 0.25) is 0 Å². The molecule has 4 nitrogen and oxygen atoms in total. The van der Waals surface area contributed by atoms with Crippen LogP contribution in [-0.2, 0) is 6.54 Å². The van der Waals surface area contributed by atoms with Crippen molar-refractivity contribution in [2.75, 3.05) is 11.9 Å². The normalized spacial score (nSPS) is 10.8. The van der Waals surface area contributed by atoms with E-state index in [9.17, 15) is 0 Å². The molecule has 0 aliphatic heterocycles. The zero-order valence-corrected chi connectivity index (χ0v) is 12.0. The van der Waals surface area contributed by atoms with Gasteiger partial charge < -0.3 is 9.88 Å². The molecule has 0 bridgehead atoms. The highest BCUT2D eigenvalue weighted by molar-refractivity contribution is 7.09. The predicted octanol–water partition coefficient (Wildman–Crippen LogP) is 3.22. The summed E-state index contributed by atoms with van der Waals surface area (Å²) in [4.78, 5) is 10.1.